The lowest BCUT2D eigenvalue weighted by Gasteiger charge is -2.12. The summed E-state index contributed by atoms with van der Waals surface area (Å²) in [6.07, 6.45) is 1.82. The molecule has 0 aliphatic rings. The quantitative estimate of drug-likeness (QED) is 0.401. The summed E-state index contributed by atoms with van der Waals surface area (Å²) in [6.45, 7) is 0. The first-order valence-corrected chi connectivity index (χ1v) is 4.93. The van der Waals surface area contributed by atoms with E-state index in [1.807, 2.05) is 7.05 Å². The van der Waals surface area contributed by atoms with Crippen LogP contribution in [0.1, 0.15) is 19.3 Å². The SMILES string of the molecule is CN=C(CCCC(OC)C(=O)OC)NC. The summed E-state index contributed by atoms with van der Waals surface area (Å²) in [7, 11) is 6.44. The second kappa shape index (κ2) is 8.23. The van der Waals surface area contributed by atoms with Gasteiger partial charge in [0, 0.05) is 27.6 Å². The van der Waals surface area contributed by atoms with Crippen molar-refractivity contribution < 1.29 is 14.3 Å². The van der Waals surface area contributed by atoms with E-state index in [-0.39, 0.29) is 5.97 Å². The van der Waals surface area contributed by atoms with Crippen LogP contribution < -0.4 is 5.32 Å². The van der Waals surface area contributed by atoms with E-state index in [0.717, 1.165) is 18.7 Å². The Balaban J connectivity index is 3.87. The first-order chi connectivity index (χ1) is 7.19. The Morgan fingerprint density at radius 1 is 1.47 bits per heavy atom. The van der Waals surface area contributed by atoms with Crippen LogP contribution in [0.4, 0.5) is 0 Å². The van der Waals surface area contributed by atoms with Crippen molar-refractivity contribution in [1.29, 1.82) is 0 Å². The lowest BCUT2D eigenvalue weighted by atomic mass is 10.1. The van der Waals surface area contributed by atoms with Crippen molar-refractivity contribution in [2.45, 2.75) is 25.4 Å². The predicted molar refractivity (Wildman–Crippen MR) is 59.1 cm³/mol. The summed E-state index contributed by atoms with van der Waals surface area (Å²) < 4.78 is 9.62. The van der Waals surface area contributed by atoms with Crippen molar-refractivity contribution in [3.8, 4) is 0 Å². The maximum atomic E-state index is 11.2. The van der Waals surface area contributed by atoms with Gasteiger partial charge in [0.1, 0.15) is 0 Å². The number of hydrogen-bond donors (Lipinski definition) is 1. The first-order valence-electron chi connectivity index (χ1n) is 4.93. The molecular weight excluding hydrogens is 196 g/mol. The van der Waals surface area contributed by atoms with Gasteiger partial charge in [-0.1, -0.05) is 0 Å². The molecule has 0 aromatic heterocycles. The summed E-state index contributed by atoms with van der Waals surface area (Å²) in [5.41, 5.74) is 0. The highest BCUT2D eigenvalue weighted by Crippen LogP contribution is 2.06. The first kappa shape index (κ1) is 13.9. The van der Waals surface area contributed by atoms with E-state index >= 15 is 0 Å². The molecule has 0 heterocycles. The number of hydrogen-bond acceptors (Lipinski definition) is 4. The van der Waals surface area contributed by atoms with Crippen molar-refractivity contribution in [2.24, 2.45) is 4.99 Å². The van der Waals surface area contributed by atoms with Crippen LogP contribution in [0.3, 0.4) is 0 Å². The highest BCUT2D eigenvalue weighted by molar-refractivity contribution is 5.81. The van der Waals surface area contributed by atoms with Gasteiger partial charge >= 0.3 is 5.97 Å². The molecule has 1 N–H and O–H groups in total. The molecule has 0 aromatic carbocycles. The number of ether oxygens (including phenoxy) is 2. The van der Waals surface area contributed by atoms with Crippen LogP contribution in [0, 0.1) is 0 Å². The molecule has 0 fully saturated rings. The molecule has 5 nitrogen and oxygen atoms in total. The maximum absolute atomic E-state index is 11.2. The highest BCUT2D eigenvalue weighted by atomic mass is 16.6. The summed E-state index contributed by atoms with van der Waals surface area (Å²) in [6, 6.07) is 0. The number of methoxy groups -OCH3 is 2. The lowest BCUT2D eigenvalue weighted by Crippen LogP contribution is -2.25. The topological polar surface area (TPSA) is 59.9 Å². The normalized spacial score (nSPS) is 13.5. The smallest absolute Gasteiger partial charge is 0.334 e. The number of aliphatic imine (C=N–C) groups is 1. The summed E-state index contributed by atoms with van der Waals surface area (Å²) >= 11 is 0. The number of nitrogens with zero attached hydrogens (tertiary/aromatic N) is 1. The molecule has 0 aromatic rings. The number of esters is 1. The number of amidine groups is 1. The monoisotopic (exact) mass is 216 g/mol. The minimum atomic E-state index is -0.468. The van der Waals surface area contributed by atoms with Gasteiger partial charge in [-0.15, -0.1) is 0 Å². The van der Waals surface area contributed by atoms with Crippen LogP contribution in [0.2, 0.25) is 0 Å². The number of carbonyl (C=O) groups excluding carboxylic acids is 1. The lowest BCUT2D eigenvalue weighted by molar-refractivity contribution is -0.152. The van der Waals surface area contributed by atoms with Gasteiger partial charge in [-0.05, 0) is 12.8 Å². The number of rotatable bonds is 6. The van der Waals surface area contributed by atoms with Gasteiger partial charge in [0.2, 0.25) is 0 Å². The Hall–Kier alpha value is -1.10. The van der Waals surface area contributed by atoms with Crippen LogP contribution in [0.5, 0.6) is 0 Å². The summed E-state index contributed by atoms with van der Waals surface area (Å²) in [5.74, 6) is 0.603. The average Bonchev–Trinajstić information content (AvgIpc) is 2.28. The van der Waals surface area contributed by atoms with E-state index in [1.165, 1.54) is 14.2 Å². The Bertz CT molecular complexity index is 217. The minimum Gasteiger partial charge on any atom is -0.467 e. The van der Waals surface area contributed by atoms with Crippen LogP contribution in [0.15, 0.2) is 4.99 Å². The molecule has 0 spiro atoms. The predicted octanol–water partition coefficient (Wildman–Crippen LogP) is 0.592. The molecule has 1 atom stereocenters. The standard InChI is InChI=1S/C10H20N2O3/c1-11-9(12-2)7-5-6-8(14-3)10(13)15-4/h8H,5-7H2,1-4H3,(H,11,12). The molecule has 1 unspecified atom stereocenters. The van der Waals surface area contributed by atoms with Gasteiger partial charge < -0.3 is 14.8 Å². The van der Waals surface area contributed by atoms with Gasteiger partial charge in [-0.2, -0.15) is 0 Å². The van der Waals surface area contributed by atoms with Crippen LogP contribution in [-0.4, -0.2) is 46.2 Å². The molecule has 0 amide bonds. The molecule has 15 heavy (non-hydrogen) atoms. The van der Waals surface area contributed by atoms with Gasteiger partial charge in [-0.25, -0.2) is 4.79 Å². The largest absolute Gasteiger partial charge is 0.467 e. The molecular formula is C10H20N2O3. The fourth-order valence-electron chi connectivity index (χ4n) is 1.27. The fraction of sp³-hybridized carbons (Fsp3) is 0.800. The number of carbonyl (C=O) groups is 1. The molecule has 88 valence electrons. The zero-order valence-corrected chi connectivity index (χ0v) is 9.87. The van der Waals surface area contributed by atoms with Crippen molar-refractivity contribution in [1.82, 2.24) is 5.32 Å². The Morgan fingerprint density at radius 3 is 2.53 bits per heavy atom. The Morgan fingerprint density at radius 2 is 2.13 bits per heavy atom. The molecule has 0 rings (SSSR count). The second-order valence-electron chi connectivity index (χ2n) is 3.06. The third-order valence-electron chi connectivity index (χ3n) is 2.19. The molecule has 0 aliphatic carbocycles. The van der Waals surface area contributed by atoms with Crippen LogP contribution >= 0.6 is 0 Å². The van der Waals surface area contributed by atoms with Crippen molar-refractivity contribution in [3.05, 3.63) is 0 Å². The van der Waals surface area contributed by atoms with Crippen molar-refractivity contribution >= 4 is 11.8 Å². The van der Waals surface area contributed by atoms with Gasteiger partial charge in [0.15, 0.2) is 6.10 Å². The zero-order valence-electron chi connectivity index (χ0n) is 9.87. The Labute approximate surface area is 90.9 Å². The van der Waals surface area contributed by atoms with Gasteiger partial charge in [-0.3, -0.25) is 4.99 Å². The second-order valence-corrected chi connectivity index (χ2v) is 3.06. The number of nitrogens with one attached hydrogen (secondary N) is 1. The summed E-state index contributed by atoms with van der Waals surface area (Å²) in [4.78, 5) is 15.2. The molecule has 0 saturated heterocycles. The van der Waals surface area contributed by atoms with E-state index in [9.17, 15) is 4.79 Å². The van der Waals surface area contributed by atoms with Gasteiger partial charge in [0.05, 0.1) is 12.9 Å². The van der Waals surface area contributed by atoms with Crippen LogP contribution in [0.25, 0.3) is 0 Å². The van der Waals surface area contributed by atoms with Crippen molar-refractivity contribution in [2.75, 3.05) is 28.3 Å². The minimum absolute atomic E-state index is 0.322. The summed E-state index contributed by atoms with van der Waals surface area (Å²) in [5, 5.41) is 2.98. The van der Waals surface area contributed by atoms with Crippen molar-refractivity contribution in [3.63, 3.8) is 0 Å². The van der Waals surface area contributed by atoms with E-state index in [1.54, 1.807) is 7.05 Å². The van der Waals surface area contributed by atoms with Crippen LogP contribution in [-0.2, 0) is 14.3 Å². The third-order valence-corrected chi connectivity index (χ3v) is 2.19. The molecule has 0 saturated carbocycles. The molecule has 0 aliphatic heterocycles. The van der Waals surface area contributed by atoms with E-state index in [2.05, 4.69) is 15.0 Å². The van der Waals surface area contributed by atoms with E-state index < -0.39 is 6.10 Å². The van der Waals surface area contributed by atoms with Gasteiger partial charge in [0.25, 0.3) is 0 Å². The third kappa shape index (κ3) is 5.37. The average molecular weight is 216 g/mol. The Kier molecular flexibility index (Phi) is 7.62. The van der Waals surface area contributed by atoms with E-state index in [0.29, 0.717) is 6.42 Å². The molecule has 5 heteroatoms. The zero-order chi connectivity index (χ0) is 11.7. The maximum Gasteiger partial charge on any atom is 0.334 e. The fourth-order valence-corrected chi connectivity index (χ4v) is 1.27. The highest BCUT2D eigenvalue weighted by Gasteiger charge is 2.17. The van der Waals surface area contributed by atoms with E-state index in [4.69, 9.17) is 4.74 Å². The molecule has 0 radical (unpaired) electrons. The molecule has 0 bridgehead atoms.